The number of hydrogen-bond donors (Lipinski definition) is 1. The van der Waals surface area contributed by atoms with Crippen molar-refractivity contribution < 1.29 is 18.7 Å². The Morgan fingerprint density at radius 2 is 2.00 bits per heavy atom. The highest BCUT2D eigenvalue weighted by Gasteiger charge is 2.30. The highest BCUT2D eigenvalue weighted by molar-refractivity contribution is 5.81. The number of carbonyl (C=O) groups excluding carboxylic acids is 2. The van der Waals surface area contributed by atoms with E-state index in [4.69, 9.17) is 4.74 Å². The van der Waals surface area contributed by atoms with Gasteiger partial charge < -0.3 is 14.5 Å². The van der Waals surface area contributed by atoms with Crippen molar-refractivity contribution in [2.45, 2.75) is 32.1 Å². The number of halogens is 1. The van der Waals surface area contributed by atoms with Gasteiger partial charge in [0.15, 0.2) is 0 Å². The van der Waals surface area contributed by atoms with E-state index in [9.17, 15) is 14.0 Å². The third kappa shape index (κ3) is 6.93. The van der Waals surface area contributed by atoms with E-state index in [0.29, 0.717) is 38.4 Å². The van der Waals surface area contributed by atoms with Crippen LogP contribution in [0, 0.1) is 11.7 Å². The van der Waals surface area contributed by atoms with Crippen molar-refractivity contribution in [2.75, 3.05) is 33.3 Å². The molecule has 1 aliphatic rings. The van der Waals surface area contributed by atoms with E-state index in [1.54, 1.807) is 15.9 Å². The maximum absolute atomic E-state index is 13.5. The van der Waals surface area contributed by atoms with Crippen LogP contribution in [-0.4, -0.2) is 65.1 Å². The third-order valence-corrected chi connectivity index (χ3v) is 6.52. The Hall–Kier alpha value is -3.68. The fourth-order valence-corrected chi connectivity index (χ4v) is 4.55. The number of nitrogens with one attached hydrogen (secondary N) is 1. The Kier molecular flexibility index (Phi) is 8.71. The molecule has 1 aliphatic heterocycles. The SMILES string of the molecule is CN(CCCc1cc(-c2cccc(F)c2)n[nH]1)C(=O)C1CCCN(C(=O)CCOc2ccccc2)C1. The number of amides is 2. The topological polar surface area (TPSA) is 78.5 Å². The maximum atomic E-state index is 13.5. The Morgan fingerprint density at radius 1 is 1.17 bits per heavy atom. The van der Waals surface area contributed by atoms with Crippen LogP contribution in [0.5, 0.6) is 5.75 Å². The van der Waals surface area contributed by atoms with Crippen LogP contribution >= 0.6 is 0 Å². The van der Waals surface area contributed by atoms with Crippen LogP contribution in [0.3, 0.4) is 0 Å². The van der Waals surface area contributed by atoms with E-state index in [2.05, 4.69) is 10.2 Å². The standard InChI is InChI=1S/C28H33FN4O3/c1-32(15-7-11-24-19-26(31-30-24)21-8-5-10-23(29)18-21)28(35)22-9-6-16-33(20-22)27(34)14-17-36-25-12-3-2-4-13-25/h2-5,8,10,12-13,18-19,22H,6-7,9,11,14-17,20H2,1H3,(H,30,31). The second-order valence-corrected chi connectivity index (χ2v) is 9.24. The molecule has 7 nitrogen and oxygen atoms in total. The fraction of sp³-hybridized carbons (Fsp3) is 0.393. The lowest BCUT2D eigenvalue weighted by molar-refractivity contribution is -0.140. The number of aromatic nitrogens is 2. The van der Waals surface area contributed by atoms with Gasteiger partial charge in [0, 0.05) is 37.9 Å². The third-order valence-electron chi connectivity index (χ3n) is 6.52. The number of carbonyl (C=O) groups is 2. The number of ether oxygens (including phenoxy) is 1. The summed E-state index contributed by atoms with van der Waals surface area (Å²) in [6.45, 7) is 2.09. The Labute approximate surface area is 211 Å². The molecule has 1 unspecified atom stereocenters. The van der Waals surface area contributed by atoms with E-state index in [1.807, 2.05) is 49.5 Å². The van der Waals surface area contributed by atoms with Crippen molar-refractivity contribution in [3.05, 3.63) is 72.2 Å². The van der Waals surface area contributed by atoms with E-state index in [-0.39, 0.29) is 23.5 Å². The zero-order chi connectivity index (χ0) is 25.3. The molecule has 1 aromatic heterocycles. The second kappa shape index (κ2) is 12.3. The molecule has 1 N–H and O–H groups in total. The van der Waals surface area contributed by atoms with Crippen LogP contribution in [0.2, 0.25) is 0 Å². The van der Waals surface area contributed by atoms with Crippen molar-refractivity contribution in [1.29, 1.82) is 0 Å². The Morgan fingerprint density at radius 3 is 2.81 bits per heavy atom. The van der Waals surface area contributed by atoms with Crippen molar-refractivity contribution >= 4 is 11.8 Å². The van der Waals surface area contributed by atoms with Gasteiger partial charge in [0.1, 0.15) is 11.6 Å². The van der Waals surface area contributed by atoms with E-state index in [0.717, 1.165) is 42.7 Å². The van der Waals surface area contributed by atoms with Gasteiger partial charge in [-0.3, -0.25) is 14.7 Å². The zero-order valence-electron chi connectivity index (χ0n) is 20.7. The molecule has 36 heavy (non-hydrogen) atoms. The van der Waals surface area contributed by atoms with E-state index in [1.165, 1.54) is 12.1 Å². The minimum Gasteiger partial charge on any atom is -0.493 e. The molecule has 1 saturated heterocycles. The Bertz CT molecular complexity index is 1150. The maximum Gasteiger partial charge on any atom is 0.227 e. The molecular weight excluding hydrogens is 459 g/mol. The van der Waals surface area contributed by atoms with E-state index >= 15 is 0 Å². The number of piperidine rings is 1. The molecule has 2 heterocycles. The molecule has 3 aromatic rings. The first kappa shape index (κ1) is 25.4. The molecule has 0 aliphatic carbocycles. The number of benzene rings is 2. The Balaban J connectivity index is 1.19. The number of H-pyrrole nitrogens is 1. The summed E-state index contributed by atoms with van der Waals surface area (Å²) in [6.07, 6.45) is 3.43. The second-order valence-electron chi connectivity index (χ2n) is 9.24. The van der Waals surface area contributed by atoms with Gasteiger partial charge in [-0.25, -0.2) is 4.39 Å². The first-order valence-electron chi connectivity index (χ1n) is 12.5. The van der Waals surface area contributed by atoms with Crippen molar-refractivity contribution in [2.24, 2.45) is 5.92 Å². The minimum absolute atomic E-state index is 0.0273. The van der Waals surface area contributed by atoms with Gasteiger partial charge in [-0.2, -0.15) is 5.10 Å². The number of aryl methyl sites for hydroxylation is 1. The average Bonchev–Trinajstić information content (AvgIpc) is 3.38. The molecular formula is C28H33FN4O3. The zero-order valence-corrected chi connectivity index (χ0v) is 20.7. The van der Waals surface area contributed by atoms with Crippen molar-refractivity contribution in [3.63, 3.8) is 0 Å². The van der Waals surface area contributed by atoms with Crippen LogP contribution in [0.1, 0.15) is 31.4 Å². The van der Waals surface area contributed by atoms with Gasteiger partial charge in [-0.1, -0.05) is 30.3 Å². The first-order valence-corrected chi connectivity index (χ1v) is 12.5. The molecule has 1 atom stereocenters. The highest BCUT2D eigenvalue weighted by atomic mass is 19.1. The monoisotopic (exact) mass is 492 g/mol. The van der Waals surface area contributed by atoms with Gasteiger partial charge in [0.2, 0.25) is 11.8 Å². The van der Waals surface area contributed by atoms with Gasteiger partial charge in [-0.15, -0.1) is 0 Å². The molecule has 0 radical (unpaired) electrons. The molecule has 2 amide bonds. The smallest absolute Gasteiger partial charge is 0.227 e. The number of para-hydroxylation sites is 1. The summed E-state index contributed by atoms with van der Waals surface area (Å²) in [6, 6.07) is 17.7. The van der Waals surface area contributed by atoms with Crippen LogP contribution in [0.15, 0.2) is 60.7 Å². The average molecular weight is 493 g/mol. The molecule has 190 valence electrons. The normalized spacial score (nSPS) is 15.5. The van der Waals surface area contributed by atoms with E-state index < -0.39 is 0 Å². The van der Waals surface area contributed by atoms with Gasteiger partial charge in [0.25, 0.3) is 0 Å². The molecule has 2 aromatic carbocycles. The number of aromatic amines is 1. The molecule has 4 rings (SSSR count). The molecule has 8 heteroatoms. The summed E-state index contributed by atoms with van der Waals surface area (Å²) in [5, 5.41) is 7.28. The fourth-order valence-electron chi connectivity index (χ4n) is 4.55. The lowest BCUT2D eigenvalue weighted by atomic mass is 9.96. The molecule has 0 spiro atoms. The highest BCUT2D eigenvalue weighted by Crippen LogP contribution is 2.21. The van der Waals surface area contributed by atoms with Crippen LogP contribution in [0.4, 0.5) is 4.39 Å². The minimum atomic E-state index is -0.291. The summed E-state index contributed by atoms with van der Waals surface area (Å²) in [4.78, 5) is 29.3. The molecule has 0 bridgehead atoms. The predicted octanol–water partition coefficient (Wildman–Crippen LogP) is 4.31. The van der Waals surface area contributed by atoms with Gasteiger partial charge in [-0.05, 0) is 56.0 Å². The summed E-state index contributed by atoms with van der Waals surface area (Å²) in [5.74, 6) is 0.395. The number of hydrogen-bond acceptors (Lipinski definition) is 4. The van der Waals surface area contributed by atoms with Crippen molar-refractivity contribution in [3.8, 4) is 17.0 Å². The van der Waals surface area contributed by atoms with Crippen LogP contribution < -0.4 is 4.74 Å². The largest absolute Gasteiger partial charge is 0.493 e. The van der Waals surface area contributed by atoms with Crippen LogP contribution in [-0.2, 0) is 16.0 Å². The predicted molar refractivity (Wildman–Crippen MR) is 136 cm³/mol. The number of nitrogens with zero attached hydrogens (tertiary/aromatic N) is 3. The number of likely N-dealkylation sites (tertiary alicyclic amines) is 1. The summed E-state index contributed by atoms with van der Waals surface area (Å²) >= 11 is 0. The van der Waals surface area contributed by atoms with Gasteiger partial charge in [0.05, 0.1) is 24.6 Å². The van der Waals surface area contributed by atoms with Gasteiger partial charge >= 0.3 is 0 Å². The quantitative estimate of drug-likeness (QED) is 0.457. The number of rotatable bonds is 10. The first-order chi connectivity index (χ1) is 17.5. The molecule has 1 fully saturated rings. The van der Waals surface area contributed by atoms with Crippen molar-refractivity contribution in [1.82, 2.24) is 20.0 Å². The lowest BCUT2D eigenvalue weighted by Crippen LogP contribution is -2.46. The summed E-state index contributed by atoms with van der Waals surface area (Å²) in [5.41, 5.74) is 2.38. The molecule has 0 saturated carbocycles. The van der Waals surface area contributed by atoms with Crippen LogP contribution in [0.25, 0.3) is 11.3 Å². The summed E-state index contributed by atoms with van der Waals surface area (Å²) < 4.78 is 19.1. The lowest BCUT2D eigenvalue weighted by Gasteiger charge is -2.34. The summed E-state index contributed by atoms with van der Waals surface area (Å²) in [7, 11) is 1.82.